The SMILES string of the molecule is COc1ccc([N+](=O)[O-])c2c1SC1CCCC=C21. The van der Waals surface area contributed by atoms with E-state index in [9.17, 15) is 10.1 Å². The van der Waals surface area contributed by atoms with Crippen LogP contribution in [0.25, 0.3) is 5.57 Å². The maximum absolute atomic E-state index is 11.2. The molecule has 2 aliphatic rings. The van der Waals surface area contributed by atoms with E-state index < -0.39 is 0 Å². The Hall–Kier alpha value is -1.49. The van der Waals surface area contributed by atoms with Crippen molar-refractivity contribution in [3.8, 4) is 5.75 Å². The van der Waals surface area contributed by atoms with Gasteiger partial charge in [-0.3, -0.25) is 10.1 Å². The third kappa shape index (κ3) is 1.61. The number of allylic oxidation sites excluding steroid dienone is 1. The van der Waals surface area contributed by atoms with E-state index in [0.717, 1.165) is 41.0 Å². The van der Waals surface area contributed by atoms with Crippen LogP contribution in [-0.2, 0) is 0 Å². The first kappa shape index (κ1) is 11.6. The maximum Gasteiger partial charge on any atom is 0.278 e. The highest BCUT2D eigenvalue weighted by Gasteiger charge is 2.37. The fourth-order valence-electron chi connectivity index (χ4n) is 2.64. The Balaban J connectivity index is 2.23. The smallest absolute Gasteiger partial charge is 0.278 e. The van der Waals surface area contributed by atoms with Crippen LogP contribution in [-0.4, -0.2) is 17.3 Å². The van der Waals surface area contributed by atoms with Gasteiger partial charge >= 0.3 is 0 Å². The number of methoxy groups -OCH3 is 1. The molecule has 1 aromatic rings. The second kappa shape index (κ2) is 4.31. The van der Waals surface area contributed by atoms with Crippen LogP contribution in [0.4, 0.5) is 5.69 Å². The summed E-state index contributed by atoms with van der Waals surface area (Å²) in [7, 11) is 1.61. The average molecular weight is 263 g/mol. The lowest BCUT2D eigenvalue weighted by Crippen LogP contribution is -2.05. The topological polar surface area (TPSA) is 52.4 Å². The van der Waals surface area contributed by atoms with Gasteiger partial charge in [-0.15, -0.1) is 11.8 Å². The Morgan fingerprint density at radius 2 is 2.33 bits per heavy atom. The van der Waals surface area contributed by atoms with Gasteiger partial charge in [-0.2, -0.15) is 0 Å². The van der Waals surface area contributed by atoms with Gasteiger partial charge in [0, 0.05) is 11.3 Å². The molecule has 0 saturated carbocycles. The summed E-state index contributed by atoms with van der Waals surface area (Å²) in [6.07, 6.45) is 5.41. The van der Waals surface area contributed by atoms with Gasteiger partial charge in [0.05, 0.1) is 22.5 Å². The molecule has 0 aromatic heterocycles. The number of hydrogen-bond donors (Lipinski definition) is 0. The van der Waals surface area contributed by atoms with Gasteiger partial charge in [0.25, 0.3) is 5.69 Å². The molecule has 1 aliphatic carbocycles. The minimum Gasteiger partial charge on any atom is -0.496 e. The molecule has 5 heteroatoms. The van der Waals surface area contributed by atoms with Crippen molar-refractivity contribution in [2.24, 2.45) is 0 Å². The zero-order valence-electron chi connectivity index (χ0n) is 10.0. The zero-order valence-corrected chi connectivity index (χ0v) is 10.8. The van der Waals surface area contributed by atoms with Crippen molar-refractivity contribution in [2.45, 2.75) is 29.4 Å². The molecular formula is C13H13NO3S. The van der Waals surface area contributed by atoms with Crippen molar-refractivity contribution in [1.29, 1.82) is 0 Å². The molecule has 18 heavy (non-hydrogen) atoms. The Kier molecular flexibility index (Phi) is 2.78. The summed E-state index contributed by atoms with van der Waals surface area (Å²) in [6.45, 7) is 0. The predicted octanol–water partition coefficient (Wildman–Crippen LogP) is 3.65. The van der Waals surface area contributed by atoms with Crippen molar-refractivity contribution in [3.05, 3.63) is 33.9 Å². The maximum atomic E-state index is 11.2. The minimum absolute atomic E-state index is 0.203. The molecule has 1 atom stereocenters. The van der Waals surface area contributed by atoms with Crippen molar-refractivity contribution >= 4 is 23.0 Å². The number of nitro benzene ring substituents is 1. The van der Waals surface area contributed by atoms with Crippen LogP contribution in [0.5, 0.6) is 5.75 Å². The summed E-state index contributed by atoms with van der Waals surface area (Å²) in [6, 6.07) is 3.25. The highest BCUT2D eigenvalue weighted by Crippen LogP contribution is 2.55. The molecule has 0 amide bonds. The average Bonchev–Trinajstić information content (AvgIpc) is 2.76. The van der Waals surface area contributed by atoms with Crippen molar-refractivity contribution in [2.75, 3.05) is 7.11 Å². The second-order valence-electron chi connectivity index (χ2n) is 4.45. The van der Waals surface area contributed by atoms with E-state index in [1.54, 1.807) is 31.0 Å². The number of nitro groups is 1. The third-order valence-corrected chi connectivity index (χ3v) is 4.86. The molecule has 4 nitrogen and oxygen atoms in total. The standard InChI is InChI=1S/C13H13NO3S/c1-17-10-7-6-9(14(15)16)12-8-4-2-3-5-11(8)18-13(10)12/h4,6-7,11H,2-3,5H2,1H3. The molecule has 0 N–H and O–H groups in total. The molecule has 1 aliphatic heterocycles. The van der Waals surface area contributed by atoms with E-state index in [-0.39, 0.29) is 10.6 Å². The van der Waals surface area contributed by atoms with E-state index in [1.165, 1.54) is 0 Å². The Labute approximate surface area is 109 Å². The first-order valence-electron chi connectivity index (χ1n) is 5.95. The summed E-state index contributed by atoms with van der Waals surface area (Å²) in [5.74, 6) is 0.746. The molecule has 0 fully saturated rings. The molecule has 0 radical (unpaired) electrons. The largest absolute Gasteiger partial charge is 0.496 e. The minimum atomic E-state index is -0.295. The van der Waals surface area contributed by atoms with Crippen LogP contribution in [0.1, 0.15) is 24.8 Å². The van der Waals surface area contributed by atoms with Gasteiger partial charge in [0.1, 0.15) is 5.75 Å². The number of ether oxygens (including phenoxy) is 1. The first-order valence-corrected chi connectivity index (χ1v) is 6.83. The monoisotopic (exact) mass is 263 g/mol. The lowest BCUT2D eigenvalue weighted by atomic mass is 9.92. The van der Waals surface area contributed by atoms with E-state index in [0.29, 0.717) is 5.25 Å². The number of thioether (sulfide) groups is 1. The molecule has 1 unspecified atom stereocenters. The van der Waals surface area contributed by atoms with Crippen LogP contribution in [0.3, 0.4) is 0 Å². The fraction of sp³-hybridized carbons (Fsp3) is 0.385. The zero-order chi connectivity index (χ0) is 12.7. The van der Waals surface area contributed by atoms with Gasteiger partial charge in [-0.25, -0.2) is 0 Å². The number of benzene rings is 1. The molecule has 3 rings (SSSR count). The summed E-state index contributed by atoms with van der Waals surface area (Å²) in [5.41, 5.74) is 2.12. The summed E-state index contributed by atoms with van der Waals surface area (Å²) < 4.78 is 5.33. The van der Waals surface area contributed by atoms with Gasteiger partial charge in [0.15, 0.2) is 0 Å². The molecule has 0 saturated heterocycles. The van der Waals surface area contributed by atoms with E-state index in [2.05, 4.69) is 6.08 Å². The molecule has 0 bridgehead atoms. The van der Waals surface area contributed by atoms with Crippen LogP contribution in [0.2, 0.25) is 0 Å². The Morgan fingerprint density at radius 3 is 3.06 bits per heavy atom. The third-order valence-electron chi connectivity index (χ3n) is 3.45. The van der Waals surface area contributed by atoms with Crippen LogP contribution >= 0.6 is 11.8 Å². The molecule has 94 valence electrons. The molecular weight excluding hydrogens is 250 g/mol. The van der Waals surface area contributed by atoms with Gasteiger partial charge in [-0.1, -0.05) is 6.08 Å². The van der Waals surface area contributed by atoms with E-state index >= 15 is 0 Å². The number of nitrogens with zero attached hydrogens (tertiary/aromatic N) is 1. The van der Waals surface area contributed by atoms with Crippen molar-refractivity contribution < 1.29 is 9.66 Å². The van der Waals surface area contributed by atoms with Crippen LogP contribution in [0.15, 0.2) is 23.1 Å². The van der Waals surface area contributed by atoms with E-state index in [4.69, 9.17) is 4.74 Å². The first-order chi connectivity index (χ1) is 8.72. The highest BCUT2D eigenvalue weighted by atomic mass is 32.2. The van der Waals surface area contributed by atoms with Gasteiger partial charge in [-0.05, 0) is 30.9 Å². The van der Waals surface area contributed by atoms with Gasteiger partial charge < -0.3 is 4.74 Å². The molecule has 0 spiro atoms. The number of fused-ring (bicyclic) bond motifs is 3. The molecule has 1 aromatic carbocycles. The Morgan fingerprint density at radius 1 is 1.50 bits per heavy atom. The summed E-state index contributed by atoms with van der Waals surface area (Å²) in [5, 5.41) is 11.5. The van der Waals surface area contributed by atoms with Crippen molar-refractivity contribution in [1.82, 2.24) is 0 Å². The van der Waals surface area contributed by atoms with Crippen molar-refractivity contribution in [3.63, 3.8) is 0 Å². The van der Waals surface area contributed by atoms with Crippen LogP contribution < -0.4 is 4.74 Å². The Bertz CT molecular complexity index is 553. The quantitative estimate of drug-likeness (QED) is 0.603. The van der Waals surface area contributed by atoms with E-state index in [1.807, 2.05) is 0 Å². The lowest BCUT2D eigenvalue weighted by Gasteiger charge is -2.15. The van der Waals surface area contributed by atoms with Crippen LogP contribution in [0, 0.1) is 10.1 Å². The van der Waals surface area contributed by atoms with Gasteiger partial charge in [0.2, 0.25) is 0 Å². The number of rotatable bonds is 2. The highest BCUT2D eigenvalue weighted by molar-refractivity contribution is 8.01. The number of hydrogen-bond acceptors (Lipinski definition) is 4. The summed E-state index contributed by atoms with van der Waals surface area (Å²) in [4.78, 5) is 11.8. The fourth-order valence-corrected chi connectivity index (χ4v) is 4.16. The molecule has 1 heterocycles. The predicted molar refractivity (Wildman–Crippen MR) is 71.1 cm³/mol. The summed E-state index contributed by atoms with van der Waals surface area (Å²) >= 11 is 1.71. The second-order valence-corrected chi connectivity index (χ2v) is 5.66. The normalized spacial score (nSPS) is 20.9. The lowest BCUT2D eigenvalue weighted by molar-refractivity contribution is -0.385.